The fourth-order valence-electron chi connectivity index (χ4n) is 2.28. The summed E-state index contributed by atoms with van der Waals surface area (Å²) in [5, 5.41) is 0. The van der Waals surface area contributed by atoms with Gasteiger partial charge in [0, 0.05) is 22.2 Å². The molecule has 1 nitrogen and oxygen atoms in total. The summed E-state index contributed by atoms with van der Waals surface area (Å²) in [5.41, 5.74) is 3.37. The molecule has 1 N–H and O–H groups in total. The lowest BCUT2D eigenvalue weighted by Gasteiger charge is -2.41. The Morgan fingerprint density at radius 2 is 1.35 bits per heavy atom. The minimum absolute atomic E-state index is 0.199. The first-order valence-corrected chi connectivity index (χ1v) is 6.72. The molecule has 0 amide bonds. The molecule has 0 radical (unpaired) electrons. The Kier molecular flexibility index (Phi) is 3.53. The third-order valence-electron chi connectivity index (χ3n) is 4.45. The zero-order valence-electron chi connectivity index (χ0n) is 12.9. The standard InChI is InChI=1S/C16H29N/c1-9-16(8,15(5,6)7)13-11-10-12(17-13)14(2,3)4/h10-11,17H,9H2,1-8H3. The molecule has 0 saturated heterocycles. The highest BCUT2D eigenvalue weighted by Gasteiger charge is 2.38. The zero-order valence-corrected chi connectivity index (χ0v) is 12.9. The van der Waals surface area contributed by atoms with Crippen LogP contribution in [0.25, 0.3) is 0 Å². The topological polar surface area (TPSA) is 15.8 Å². The average molecular weight is 235 g/mol. The van der Waals surface area contributed by atoms with Gasteiger partial charge in [0.15, 0.2) is 0 Å². The second-order valence-corrected chi connectivity index (χ2v) is 7.47. The van der Waals surface area contributed by atoms with Gasteiger partial charge in [-0.05, 0) is 24.0 Å². The molecule has 0 fully saturated rings. The number of nitrogens with one attached hydrogen (secondary N) is 1. The van der Waals surface area contributed by atoms with Crippen LogP contribution in [0, 0.1) is 5.41 Å². The van der Waals surface area contributed by atoms with Crippen molar-refractivity contribution in [2.24, 2.45) is 5.41 Å². The molecule has 1 unspecified atom stereocenters. The van der Waals surface area contributed by atoms with Crippen LogP contribution in [0.3, 0.4) is 0 Å². The van der Waals surface area contributed by atoms with E-state index in [1.807, 2.05) is 0 Å². The normalized spacial score (nSPS) is 16.9. The highest BCUT2D eigenvalue weighted by atomic mass is 14.8. The zero-order chi connectivity index (χ0) is 13.5. The van der Waals surface area contributed by atoms with E-state index in [0.29, 0.717) is 0 Å². The quantitative estimate of drug-likeness (QED) is 0.740. The molecule has 1 heteroatoms. The molecule has 17 heavy (non-hydrogen) atoms. The van der Waals surface area contributed by atoms with Gasteiger partial charge in [0.05, 0.1) is 0 Å². The molecule has 0 spiro atoms. The van der Waals surface area contributed by atoms with E-state index in [9.17, 15) is 0 Å². The van der Waals surface area contributed by atoms with Crippen LogP contribution in [0.1, 0.15) is 73.2 Å². The summed E-state index contributed by atoms with van der Waals surface area (Å²) in [6.07, 6.45) is 1.15. The van der Waals surface area contributed by atoms with Gasteiger partial charge in [0.25, 0.3) is 0 Å². The molecule has 0 aromatic carbocycles. The number of aromatic nitrogens is 1. The SMILES string of the molecule is CCC(C)(c1ccc(C(C)(C)C)[nH]1)C(C)(C)C. The van der Waals surface area contributed by atoms with E-state index in [0.717, 1.165) is 6.42 Å². The average Bonchev–Trinajstić information content (AvgIpc) is 2.62. The van der Waals surface area contributed by atoms with Gasteiger partial charge in [0.2, 0.25) is 0 Å². The molecular formula is C16H29N. The molecule has 1 heterocycles. The Morgan fingerprint density at radius 1 is 0.882 bits per heavy atom. The molecule has 1 atom stereocenters. The van der Waals surface area contributed by atoms with Crippen molar-refractivity contribution in [3.63, 3.8) is 0 Å². The summed E-state index contributed by atoms with van der Waals surface area (Å²) in [5.74, 6) is 0. The maximum Gasteiger partial charge on any atom is 0.0214 e. The van der Waals surface area contributed by atoms with Crippen molar-refractivity contribution < 1.29 is 0 Å². The summed E-state index contributed by atoms with van der Waals surface area (Å²) < 4.78 is 0. The first-order valence-electron chi connectivity index (χ1n) is 6.72. The molecule has 98 valence electrons. The van der Waals surface area contributed by atoms with E-state index in [4.69, 9.17) is 0 Å². The van der Waals surface area contributed by atoms with E-state index in [1.54, 1.807) is 0 Å². The third kappa shape index (κ3) is 2.59. The molecule has 0 aliphatic carbocycles. The van der Waals surface area contributed by atoms with Crippen LogP contribution in [-0.4, -0.2) is 4.98 Å². The summed E-state index contributed by atoms with van der Waals surface area (Å²) in [4.78, 5) is 3.65. The highest BCUT2D eigenvalue weighted by Crippen LogP contribution is 2.43. The van der Waals surface area contributed by atoms with E-state index in [-0.39, 0.29) is 16.2 Å². The van der Waals surface area contributed by atoms with Crippen LogP contribution in [0.5, 0.6) is 0 Å². The van der Waals surface area contributed by atoms with Gasteiger partial charge >= 0.3 is 0 Å². The van der Waals surface area contributed by atoms with Crippen LogP contribution < -0.4 is 0 Å². The second-order valence-electron chi connectivity index (χ2n) is 7.47. The Morgan fingerprint density at radius 3 is 1.65 bits per heavy atom. The van der Waals surface area contributed by atoms with Gasteiger partial charge in [-0.2, -0.15) is 0 Å². The fourth-order valence-corrected chi connectivity index (χ4v) is 2.28. The number of aromatic amines is 1. The minimum atomic E-state index is 0.199. The maximum absolute atomic E-state index is 3.65. The van der Waals surface area contributed by atoms with Crippen molar-refractivity contribution in [2.45, 2.75) is 72.6 Å². The van der Waals surface area contributed by atoms with E-state index >= 15 is 0 Å². The molecule has 0 saturated carbocycles. The van der Waals surface area contributed by atoms with Crippen LogP contribution in [-0.2, 0) is 10.8 Å². The molecule has 0 bridgehead atoms. The third-order valence-corrected chi connectivity index (χ3v) is 4.45. The summed E-state index contributed by atoms with van der Waals surface area (Å²) in [6, 6.07) is 4.52. The van der Waals surface area contributed by atoms with Gasteiger partial charge in [-0.15, -0.1) is 0 Å². The largest absolute Gasteiger partial charge is 0.361 e. The molecule has 1 aromatic heterocycles. The lowest BCUT2D eigenvalue weighted by Crippen LogP contribution is -2.37. The summed E-state index contributed by atoms with van der Waals surface area (Å²) >= 11 is 0. The van der Waals surface area contributed by atoms with E-state index < -0.39 is 0 Å². The first-order chi connectivity index (χ1) is 7.52. The minimum Gasteiger partial charge on any atom is -0.361 e. The first kappa shape index (κ1) is 14.3. The molecule has 0 aliphatic rings. The number of hydrogen-bond acceptors (Lipinski definition) is 0. The van der Waals surface area contributed by atoms with E-state index in [2.05, 4.69) is 72.5 Å². The van der Waals surface area contributed by atoms with Gasteiger partial charge in [-0.25, -0.2) is 0 Å². The van der Waals surface area contributed by atoms with Crippen molar-refractivity contribution in [2.75, 3.05) is 0 Å². The van der Waals surface area contributed by atoms with Crippen molar-refractivity contribution in [1.82, 2.24) is 4.98 Å². The second kappa shape index (κ2) is 4.19. The maximum atomic E-state index is 3.65. The van der Waals surface area contributed by atoms with Crippen LogP contribution >= 0.6 is 0 Å². The number of rotatable bonds is 2. The smallest absolute Gasteiger partial charge is 0.0214 e. The van der Waals surface area contributed by atoms with Crippen LogP contribution in [0.2, 0.25) is 0 Å². The van der Waals surface area contributed by atoms with Crippen molar-refractivity contribution in [3.8, 4) is 0 Å². The lowest BCUT2D eigenvalue weighted by molar-refractivity contribution is 0.191. The summed E-state index contributed by atoms with van der Waals surface area (Å²) in [6.45, 7) is 18.4. The van der Waals surface area contributed by atoms with Crippen molar-refractivity contribution in [3.05, 3.63) is 23.5 Å². The van der Waals surface area contributed by atoms with Gasteiger partial charge < -0.3 is 4.98 Å². The van der Waals surface area contributed by atoms with Crippen molar-refractivity contribution in [1.29, 1.82) is 0 Å². The number of H-pyrrole nitrogens is 1. The van der Waals surface area contributed by atoms with Crippen LogP contribution in [0.4, 0.5) is 0 Å². The predicted octanol–water partition coefficient (Wildman–Crippen LogP) is 5.03. The Balaban J connectivity index is 3.20. The van der Waals surface area contributed by atoms with Gasteiger partial charge in [-0.1, -0.05) is 55.4 Å². The fraction of sp³-hybridized carbons (Fsp3) is 0.750. The van der Waals surface area contributed by atoms with Crippen molar-refractivity contribution >= 4 is 0 Å². The van der Waals surface area contributed by atoms with E-state index in [1.165, 1.54) is 11.4 Å². The Labute approximate surface area is 107 Å². The molecule has 1 rings (SSSR count). The monoisotopic (exact) mass is 235 g/mol. The lowest BCUT2D eigenvalue weighted by atomic mass is 9.64. The van der Waals surface area contributed by atoms with Crippen LogP contribution in [0.15, 0.2) is 12.1 Å². The molecule has 0 aliphatic heterocycles. The summed E-state index contributed by atoms with van der Waals surface area (Å²) in [7, 11) is 0. The number of hydrogen-bond donors (Lipinski definition) is 1. The molecule has 1 aromatic rings. The Bertz CT molecular complexity index is 373. The van der Waals surface area contributed by atoms with Gasteiger partial charge in [0.1, 0.15) is 0 Å². The predicted molar refractivity (Wildman–Crippen MR) is 76.6 cm³/mol. The molecular weight excluding hydrogens is 206 g/mol. The Hall–Kier alpha value is -0.720. The van der Waals surface area contributed by atoms with Gasteiger partial charge in [-0.3, -0.25) is 0 Å². The highest BCUT2D eigenvalue weighted by molar-refractivity contribution is 5.26.